The van der Waals surface area contributed by atoms with Crippen molar-refractivity contribution in [1.29, 1.82) is 0 Å². The molecule has 1 aliphatic rings. The molecule has 2 aromatic rings. The number of fused-ring (bicyclic) bond motifs is 1. The fourth-order valence-corrected chi connectivity index (χ4v) is 2.74. The van der Waals surface area contributed by atoms with Gasteiger partial charge in [0.05, 0.1) is 19.3 Å². The van der Waals surface area contributed by atoms with E-state index in [4.69, 9.17) is 9.47 Å². The number of anilines is 1. The van der Waals surface area contributed by atoms with E-state index in [9.17, 15) is 9.59 Å². The van der Waals surface area contributed by atoms with Gasteiger partial charge in [0.1, 0.15) is 17.5 Å². The van der Waals surface area contributed by atoms with E-state index >= 15 is 0 Å². The molecule has 1 N–H and O–H groups in total. The second-order valence-electron chi connectivity index (χ2n) is 5.31. The van der Waals surface area contributed by atoms with Crippen LogP contribution in [0.25, 0.3) is 0 Å². The first-order valence-corrected chi connectivity index (χ1v) is 7.67. The van der Waals surface area contributed by atoms with Crippen LogP contribution in [0.3, 0.4) is 0 Å². The fourth-order valence-electron chi connectivity index (χ4n) is 2.74. The highest BCUT2D eigenvalue weighted by Crippen LogP contribution is 2.35. The lowest BCUT2D eigenvalue weighted by Gasteiger charge is -2.27. The smallest absolute Gasteiger partial charge is 0.355 e. The molecule has 0 spiro atoms. The molecule has 0 amide bonds. The van der Waals surface area contributed by atoms with Gasteiger partial charge < -0.3 is 14.8 Å². The van der Waals surface area contributed by atoms with Gasteiger partial charge in [0.25, 0.3) is 0 Å². The van der Waals surface area contributed by atoms with Crippen LogP contribution < -0.4 is 10.1 Å². The summed E-state index contributed by atoms with van der Waals surface area (Å²) in [6, 6.07) is 6.56. The van der Waals surface area contributed by atoms with Crippen LogP contribution in [0.5, 0.6) is 5.75 Å². The number of tetrazole rings is 1. The minimum atomic E-state index is -0.657. The quantitative estimate of drug-likeness (QED) is 0.804. The molecule has 0 fully saturated rings. The van der Waals surface area contributed by atoms with Crippen molar-refractivity contribution in [3.8, 4) is 5.75 Å². The largest absolute Gasteiger partial charge is 0.494 e. The summed E-state index contributed by atoms with van der Waals surface area (Å²) in [5.74, 6) is 0.0197. The number of aromatic nitrogens is 4. The van der Waals surface area contributed by atoms with Crippen molar-refractivity contribution in [3.05, 3.63) is 41.1 Å². The number of allylic oxidation sites excluding steroid dienone is 1. The number of esters is 1. The lowest BCUT2D eigenvalue weighted by Crippen LogP contribution is -2.32. The van der Waals surface area contributed by atoms with Gasteiger partial charge in [-0.25, -0.2) is 4.79 Å². The highest BCUT2D eigenvalue weighted by Gasteiger charge is 2.36. The summed E-state index contributed by atoms with van der Waals surface area (Å²) in [6.07, 6.45) is 0. The predicted molar refractivity (Wildman–Crippen MR) is 86.9 cm³/mol. The minimum absolute atomic E-state index is 0.0381. The maximum absolute atomic E-state index is 12.3. The summed E-state index contributed by atoms with van der Waals surface area (Å²) in [5, 5.41) is 14.2. The molecule has 0 radical (unpaired) electrons. The first kappa shape index (κ1) is 16.6. The van der Waals surface area contributed by atoms with Crippen molar-refractivity contribution >= 4 is 17.7 Å². The summed E-state index contributed by atoms with van der Waals surface area (Å²) in [6.45, 7) is 3.83. The first-order chi connectivity index (χ1) is 12.1. The number of hydrogen-bond donors (Lipinski definition) is 1. The average Bonchev–Trinajstić information content (AvgIpc) is 3.08. The molecule has 1 atom stereocenters. The minimum Gasteiger partial charge on any atom is -0.494 e. The van der Waals surface area contributed by atoms with Crippen LogP contribution in [0.2, 0.25) is 0 Å². The Bertz CT molecular complexity index is 840. The van der Waals surface area contributed by atoms with E-state index in [2.05, 4.69) is 20.8 Å². The Kier molecular flexibility index (Phi) is 4.46. The Hall–Kier alpha value is -3.23. The maximum atomic E-state index is 12.3. The van der Waals surface area contributed by atoms with Crippen molar-refractivity contribution in [1.82, 2.24) is 20.2 Å². The van der Waals surface area contributed by atoms with E-state index in [1.54, 1.807) is 12.1 Å². The van der Waals surface area contributed by atoms with Gasteiger partial charge in [0.15, 0.2) is 5.78 Å². The number of methoxy groups -OCH3 is 1. The van der Waals surface area contributed by atoms with Gasteiger partial charge >= 0.3 is 5.97 Å². The average molecular weight is 343 g/mol. The Balaban J connectivity index is 2.15. The van der Waals surface area contributed by atoms with Gasteiger partial charge in [-0.05, 0) is 42.0 Å². The standard InChI is InChI=1S/C16H17N5O4/c1-4-25-11-7-5-10(6-8-11)14-12(9(2)22)13(15(23)24-3)17-16-18-19-20-21(14)16/h5-8,14H,4H2,1-3H3,(H,17,18,20)/t14-/m0/s1. The van der Waals surface area contributed by atoms with Crippen LogP contribution in [0.1, 0.15) is 25.5 Å². The molecule has 0 aliphatic carbocycles. The molecular formula is C16H17N5O4. The number of rotatable bonds is 5. The zero-order valence-electron chi connectivity index (χ0n) is 14.0. The summed E-state index contributed by atoms with van der Waals surface area (Å²) in [7, 11) is 1.25. The number of nitrogens with one attached hydrogen (secondary N) is 1. The van der Waals surface area contributed by atoms with Gasteiger partial charge in [-0.1, -0.05) is 17.2 Å². The molecule has 1 aromatic heterocycles. The number of carbonyl (C=O) groups excluding carboxylic acids is 2. The highest BCUT2D eigenvalue weighted by atomic mass is 16.5. The van der Waals surface area contributed by atoms with Gasteiger partial charge in [0, 0.05) is 0 Å². The topological polar surface area (TPSA) is 108 Å². The van der Waals surface area contributed by atoms with E-state index in [-0.39, 0.29) is 23.0 Å². The lowest BCUT2D eigenvalue weighted by atomic mass is 9.93. The Labute approximate surface area is 143 Å². The molecule has 0 saturated carbocycles. The normalized spacial score (nSPS) is 16.0. The molecule has 130 valence electrons. The summed E-state index contributed by atoms with van der Waals surface area (Å²) < 4.78 is 11.7. The number of ether oxygens (including phenoxy) is 2. The summed E-state index contributed by atoms with van der Waals surface area (Å²) >= 11 is 0. The maximum Gasteiger partial charge on any atom is 0.355 e. The van der Waals surface area contributed by atoms with Crippen molar-refractivity contribution in [2.45, 2.75) is 19.9 Å². The Morgan fingerprint density at radius 2 is 2.00 bits per heavy atom. The van der Waals surface area contributed by atoms with E-state index in [0.29, 0.717) is 12.4 Å². The first-order valence-electron chi connectivity index (χ1n) is 7.67. The zero-order valence-corrected chi connectivity index (χ0v) is 14.0. The highest BCUT2D eigenvalue weighted by molar-refractivity contribution is 6.05. The predicted octanol–water partition coefficient (Wildman–Crippen LogP) is 1.10. The molecule has 1 aromatic carbocycles. The number of hydrogen-bond acceptors (Lipinski definition) is 8. The second-order valence-corrected chi connectivity index (χ2v) is 5.31. The van der Waals surface area contributed by atoms with Crippen molar-refractivity contribution in [2.24, 2.45) is 0 Å². The van der Waals surface area contributed by atoms with Gasteiger partial charge in [-0.2, -0.15) is 4.68 Å². The molecule has 9 nitrogen and oxygen atoms in total. The number of ketones is 1. The zero-order chi connectivity index (χ0) is 18.0. The summed E-state index contributed by atoms with van der Waals surface area (Å²) in [4.78, 5) is 24.4. The fraction of sp³-hybridized carbons (Fsp3) is 0.312. The second kappa shape index (κ2) is 6.71. The van der Waals surface area contributed by atoms with Crippen LogP contribution in [-0.2, 0) is 14.3 Å². The molecule has 1 aliphatic heterocycles. The number of nitrogens with zero attached hydrogens (tertiary/aromatic N) is 4. The van der Waals surface area contributed by atoms with Crippen LogP contribution in [0.15, 0.2) is 35.5 Å². The van der Waals surface area contributed by atoms with E-state index in [0.717, 1.165) is 5.56 Å². The number of Topliss-reactive ketones (excluding diaryl/α,β-unsaturated/α-hetero) is 1. The molecule has 0 unspecified atom stereocenters. The Morgan fingerprint density at radius 1 is 1.28 bits per heavy atom. The van der Waals surface area contributed by atoms with Gasteiger partial charge in [-0.15, -0.1) is 0 Å². The van der Waals surface area contributed by atoms with E-state index < -0.39 is 12.0 Å². The molecule has 0 bridgehead atoms. The third-order valence-corrected chi connectivity index (χ3v) is 3.79. The Morgan fingerprint density at radius 3 is 2.60 bits per heavy atom. The summed E-state index contributed by atoms with van der Waals surface area (Å²) in [5.41, 5.74) is 1.01. The monoisotopic (exact) mass is 343 g/mol. The number of benzene rings is 1. The molecule has 3 rings (SSSR count). The van der Waals surface area contributed by atoms with Crippen LogP contribution in [0.4, 0.5) is 5.95 Å². The number of carbonyl (C=O) groups is 2. The van der Waals surface area contributed by atoms with Crippen LogP contribution in [0, 0.1) is 0 Å². The van der Waals surface area contributed by atoms with Crippen molar-refractivity contribution in [2.75, 3.05) is 19.0 Å². The van der Waals surface area contributed by atoms with Gasteiger partial charge in [-0.3, -0.25) is 4.79 Å². The molecule has 9 heteroatoms. The van der Waals surface area contributed by atoms with Crippen LogP contribution in [-0.4, -0.2) is 45.7 Å². The van der Waals surface area contributed by atoms with Gasteiger partial charge in [0.2, 0.25) is 5.95 Å². The SMILES string of the molecule is CCOc1ccc([C@H]2C(C(C)=O)=C(C(=O)OC)Nc3nnnn32)cc1. The molecule has 25 heavy (non-hydrogen) atoms. The molecular weight excluding hydrogens is 326 g/mol. The van der Waals surface area contributed by atoms with E-state index in [1.165, 1.54) is 18.7 Å². The molecule has 2 heterocycles. The third kappa shape index (κ3) is 2.95. The van der Waals surface area contributed by atoms with Crippen LogP contribution >= 0.6 is 0 Å². The van der Waals surface area contributed by atoms with Crippen molar-refractivity contribution in [3.63, 3.8) is 0 Å². The van der Waals surface area contributed by atoms with E-state index in [1.807, 2.05) is 19.1 Å². The molecule has 0 saturated heterocycles. The van der Waals surface area contributed by atoms with Crippen molar-refractivity contribution < 1.29 is 19.1 Å². The third-order valence-electron chi connectivity index (χ3n) is 3.79. The lowest BCUT2D eigenvalue weighted by molar-refractivity contribution is -0.136.